The number of nitrogens with one attached hydrogen (secondary N) is 1. The molecular formula is C18H29NO. The van der Waals surface area contributed by atoms with E-state index in [1.54, 1.807) is 7.11 Å². The van der Waals surface area contributed by atoms with E-state index in [1.165, 1.54) is 31.2 Å². The van der Waals surface area contributed by atoms with Gasteiger partial charge in [0.1, 0.15) is 5.75 Å². The first kappa shape index (κ1) is 15.4. The van der Waals surface area contributed by atoms with Crippen molar-refractivity contribution in [3.05, 3.63) is 29.8 Å². The molecule has 1 fully saturated rings. The lowest BCUT2D eigenvalue weighted by Gasteiger charge is -2.37. The fraction of sp³-hybridized carbons (Fsp3) is 0.667. The van der Waals surface area contributed by atoms with E-state index < -0.39 is 0 Å². The van der Waals surface area contributed by atoms with E-state index in [9.17, 15) is 0 Å². The molecule has 0 radical (unpaired) electrons. The van der Waals surface area contributed by atoms with Crippen molar-refractivity contribution in [3.8, 4) is 5.75 Å². The van der Waals surface area contributed by atoms with Gasteiger partial charge in [0, 0.05) is 0 Å². The van der Waals surface area contributed by atoms with Gasteiger partial charge in [-0.1, -0.05) is 44.9 Å². The largest absolute Gasteiger partial charge is 0.496 e. The highest BCUT2D eigenvalue weighted by molar-refractivity contribution is 5.37. The second-order valence-electron chi connectivity index (χ2n) is 6.00. The molecule has 1 aliphatic carbocycles. The monoisotopic (exact) mass is 275 g/mol. The first-order valence-electron chi connectivity index (χ1n) is 8.13. The number of hydrogen-bond donors (Lipinski definition) is 1. The lowest BCUT2D eigenvalue weighted by Crippen LogP contribution is -2.32. The molecule has 2 rings (SSSR count). The standard InChI is InChI=1S/C18H29NO/c1-4-14-10-11-15(13-19-5-2)17(12-14)16-8-6-7-9-18(16)20-3/h6-9,14-15,17,19H,4-5,10-13H2,1-3H3. The highest BCUT2D eigenvalue weighted by Gasteiger charge is 2.32. The summed E-state index contributed by atoms with van der Waals surface area (Å²) in [6.45, 7) is 6.71. The van der Waals surface area contributed by atoms with Crippen molar-refractivity contribution in [2.24, 2.45) is 11.8 Å². The summed E-state index contributed by atoms with van der Waals surface area (Å²) in [4.78, 5) is 0. The third kappa shape index (κ3) is 3.54. The summed E-state index contributed by atoms with van der Waals surface area (Å²) in [5.74, 6) is 3.33. The first-order chi connectivity index (χ1) is 9.80. The number of para-hydroxylation sites is 1. The van der Waals surface area contributed by atoms with Gasteiger partial charge in [-0.3, -0.25) is 0 Å². The van der Waals surface area contributed by atoms with Gasteiger partial charge in [0.15, 0.2) is 0 Å². The average Bonchev–Trinajstić information content (AvgIpc) is 2.52. The molecular weight excluding hydrogens is 246 g/mol. The van der Waals surface area contributed by atoms with Crippen molar-refractivity contribution >= 4 is 0 Å². The summed E-state index contributed by atoms with van der Waals surface area (Å²) in [6, 6.07) is 8.59. The molecule has 0 spiro atoms. The van der Waals surface area contributed by atoms with Gasteiger partial charge in [-0.15, -0.1) is 0 Å². The predicted molar refractivity (Wildman–Crippen MR) is 85.4 cm³/mol. The van der Waals surface area contributed by atoms with Gasteiger partial charge < -0.3 is 10.1 Å². The molecule has 0 aromatic heterocycles. The molecule has 1 N–H and O–H groups in total. The molecule has 1 saturated carbocycles. The summed E-state index contributed by atoms with van der Waals surface area (Å²) in [5, 5.41) is 3.55. The summed E-state index contributed by atoms with van der Waals surface area (Å²) >= 11 is 0. The molecule has 3 unspecified atom stereocenters. The molecule has 0 aliphatic heterocycles. The van der Waals surface area contributed by atoms with Crippen LogP contribution in [0.3, 0.4) is 0 Å². The molecule has 0 heterocycles. The number of methoxy groups -OCH3 is 1. The Bertz CT molecular complexity index is 404. The number of benzene rings is 1. The van der Waals surface area contributed by atoms with E-state index in [0.717, 1.165) is 30.7 Å². The SMILES string of the molecule is CCNCC1CCC(CC)CC1c1ccccc1OC. The van der Waals surface area contributed by atoms with Crippen molar-refractivity contribution in [1.82, 2.24) is 5.32 Å². The maximum absolute atomic E-state index is 5.60. The molecule has 2 heteroatoms. The van der Waals surface area contributed by atoms with E-state index in [-0.39, 0.29) is 0 Å². The molecule has 1 aliphatic rings. The molecule has 2 nitrogen and oxygen atoms in total. The quantitative estimate of drug-likeness (QED) is 0.839. The Labute approximate surface area is 123 Å². The zero-order valence-electron chi connectivity index (χ0n) is 13.2. The van der Waals surface area contributed by atoms with Crippen LogP contribution in [0.15, 0.2) is 24.3 Å². The van der Waals surface area contributed by atoms with E-state index in [0.29, 0.717) is 5.92 Å². The van der Waals surface area contributed by atoms with Crippen LogP contribution in [0.25, 0.3) is 0 Å². The summed E-state index contributed by atoms with van der Waals surface area (Å²) in [5.41, 5.74) is 1.41. The third-order valence-electron chi connectivity index (χ3n) is 4.87. The second-order valence-corrected chi connectivity index (χ2v) is 6.00. The molecule has 3 atom stereocenters. The Balaban J connectivity index is 2.21. The van der Waals surface area contributed by atoms with Crippen LogP contribution in [0.1, 0.15) is 51.0 Å². The Kier molecular flexibility index (Phi) is 5.90. The third-order valence-corrected chi connectivity index (χ3v) is 4.87. The van der Waals surface area contributed by atoms with Crippen LogP contribution < -0.4 is 10.1 Å². The summed E-state index contributed by atoms with van der Waals surface area (Å²) in [6.07, 6.45) is 5.35. The van der Waals surface area contributed by atoms with Crippen LogP contribution in [0.5, 0.6) is 5.75 Å². The van der Waals surface area contributed by atoms with Crippen molar-refractivity contribution in [1.29, 1.82) is 0 Å². The van der Waals surface area contributed by atoms with Crippen LogP contribution in [-0.4, -0.2) is 20.2 Å². The lowest BCUT2D eigenvalue weighted by molar-refractivity contribution is 0.223. The van der Waals surface area contributed by atoms with E-state index in [2.05, 4.69) is 43.4 Å². The van der Waals surface area contributed by atoms with Gasteiger partial charge in [0.05, 0.1) is 7.11 Å². The first-order valence-corrected chi connectivity index (χ1v) is 8.13. The Morgan fingerprint density at radius 3 is 2.70 bits per heavy atom. The Morgan fingerprint density at radius 2 is 2.00 bits per heavy atom. The fourth-order valence-electron chi connectivity index (χ4n) is 3.62. The van der Waals surface area contributed by atoms with E-state index in [4.69, 9.17) is 4.74 Å². The zero-order valence-corrected chi connectivity index (χ0v) is 13.2. The van der Waals surface area contributed by atoms with Crippen LogP contribution in [0, 0.1) is 11.8 Å². The summed E-state index contributed by atoms with van der Waals surface area (Å²) in [7, 11) is 1.79. The smallest absolute Gasteiger partial charge is 0.122 e. The Morgan fingerprint density at radius 1 is 1.20 bits per heavy atom. The van der Waals surface area contributed by atoms with Gasteiger partial charge in [0.25, 0.3) is 0 Å². The molecule has 112 valence electrons. The maximum Gasteiger partial charge on any atom is 0.122 e. The highest BCUT2D eigenvalue weighted by atomic mass is 16.5. The topological polar surface area (TPSA) is 21.3 Å². The molecule has 1 aromatic rings. The van der Waals surface area contributed by atoms with Crippen LogP contribution in [-0.2, 0) is 0 Å². The van der Waals surface area contributed by atoms with Crippen LogP contribution in [0.2, 0.25) is 0 Å². The van der Waals surface area contributed by atoms with Gasteiger partial charge in [-0.25, -0.2) is 0 Å². The van der Waals surface area contributed by atoms with Gasteiger partial charge >= 0.3 is 0 Å². The van der Waals surface area contributed by atoms with Crippen LogP contribution >= 0.6 is 0 Å². The van der Waals surface area contributed by atoms with E-state index >= 15 is 0 Å². The second kappa shape index (κ2) is 7.68. The normalized spacial score (nSPS) is 26.4. The predicted octanol–water partition coefficient (Wildman–Crippen LogP) is 4.21. The zero-order chi connectivity index (χ0) is 14.4. The van der Waals surface area contributed by atoms with Crippen molar-refractivity contribution in [2.75, 3.05) is 20.2 Å². The lowest BCUT2D eigenvalue weighted by atomic mass is 9.70. The summed E-state index contributed by atoms with van der Waals surface area (Å²) < 4.78 is 5.60. The minimum atomic E-state index is 0.642. The van der Waals surface area contributed by atoms with Gasteiger partial charge in [-0.2, -0.15) is 0 Å². The number of rotatable bonds is 6. The van der Waals surface area contributed by atoms with Crippen molar-refractivity contribution < 1.29 is 4.74 Å². The minimum absolute atomic E-state index is 0.642. The maximum atomic E-state index is 5.60. The Hall–Kier alpha value is -1.02. The molecule has 1 aromatic carbocycles. The van der Waals surface area contributed by atoms with Crippen molar-refractivity contribution in [3.63, 3.8) is 0 Å². The molecule has 0 saturated heterocycles. The minimum Gasteiger partial charge on any atom is -0.496 e. The average molecular weight is 275 g/mol. The number of hydrogen-bond acceptors (Lipinski definition) is 2. The van der Waals surface area contributed by atoms with E-state index in [1.807, 2.05) is 0 Å². The fourth-order valence-corrected chi connectivity index (χ4v) is 3.62. The number of ether oxygens (including phenoxy) is 1. The van der Waals surface area contributed by atoms with Gasteiger partial charge in [0.2, 0.25) is 0 Å². The van der Waals surface area contributed by atoms with Crippen molar-refractivity contribution in [2.45, 2.75) is 45.4 Å². The van der Waals surface area contributed by atoms with Crippen LogP contribution in [0.4, 0.5) is 0 Å². The highest BCUT2D eigenvalue weighted by Crippen LogP contribution is 2.44. The molecule has 0 bridgehead atoms. The molecule has 20 heavy (non-hydrogen) atoms. The molecule has 0 amide bonds. The van der Waals surface area contributed by atoms with Gasteiger partial charge in [-0.05, 0) is 55.3 Å².